The van der Waals surface area contributed by atoms with Crippen molar-refractivity contribution in [2.45, 2.75) is 51.3 Å². The molecule has 0 aromatic rings. The van der Waals surface area contributed by atoms with Gasteiger partial charge in [-0.1, -0.05) is 31.9 Å². The van der Waals surface area contributed by atoms with Gasteiger partial charge in [-0.25, -0.2) is 0 Å². The summed E-state index contributed by atoms with van der Waals surface area (Å²) in [6.45, 7) is 4.59. The van der Waals surface area contributed by atoms with E-state index in [4.69, 9.17) is 11.6 Å². The van der Waals surface area contributed by atoms with Crippen molar-refractivity contribution in [3.63, 3.8) is 0 Å². The van der Waals surface area contributed by atoms with Gasteiger partial charge >= 0.3 is 0 Å². The van der Waals surface area contributed by atoms with Crippen LogP contribution in [0.2, 0.25) is 0 Å². The molecule has 0 heterocycles. The maximum atomic E-state index is 6.02. The summed E-state index contributed by atoms with van der Waals surface area (Å²) >= 11 is 6.02. The number of hydrogen-bond acceptors (Lipinski definition) is 0. The van der Waals surface area contributed by atoms with Gasteiger partial charge in [0.15, 0.2) is 0 Å². The molecule has 1 aliphatic rings. The molecule has 0 nitrogen and oxygen atoms in total. The van der Waals surface area contributed by atoms with E-state index < -0.39 is 0 Å². The maximum absolute atomic E-state index is 6.02. The molecule has 0 saturated heterocycles. The molecular weight excluding hydrogens is 168 g/mol. The molecule has 0 aromatic heterocycles. The van der Waals surface area contributed by atoms with Crippen LogP contribution >= 0.6 is 11.6 Å². The van der Waals surface area contributed by atoms with Crippen LogP contribution in [-0.2, 0) is 0 Å². The van der Waals surface area contributed by atoms with E-state index in [2.05, 4.69) is 19.9 Å². The zero-order chi connectivity index (χ0) is 8.97. The van der Waals surface area contributed by atoms with Gasteiger partial charge < -0.3 is 0 Å². The largest absolute Gasteiger partial charge is 0.123 e. The third kappa shape index (κ3) is 2.82. The van der Waals surface area contributed by atoms with Crippen LogP contribution in [0, 0.1) is 5.92 Å². The predicted molar refractivity (Wildman–Crippen MR) is 55.6 cm³/mol. The van der Waals surface area contributed by atoms with Crippen LogP contribution in [0.1, 0.15) is 46.0 Å². The van der Waals surface area contributed by atoms with Gasteiger partial charge in [-0.2, -0.15) is 0 Å². The van der Waals surface area contributed by atoms with E-state index in [1.54, 1.807) is 5.57 Å². The standard InChI is InChI=1S/C11H19Cl/c1-3-4-9(2)10-5-7-11(12)8-6-10/h5,9,11H,3-4,6-8H2,1-2H3. The summed E-state index contributed by atoms with van der Waals surface area (Å²) in [7, 11) is 0. The second-order valence-corrected chi connectivity index (χ2v) is 4.46. The van der Waals surface area contributed by atoms with Gasteiger partial charge in [-0.15, -0.1) is 11.6 Å². The lowest BCUT2D eigenvalue weighted by atomic mass is 9.88. The summed E-state index contributed by atoms with van der Waals surface area (Å²) < 4.78 is 0. The number of alkyl halides is 1. The molecule has 1 heteroatoms. The molecular formula is C11H19Cl. The highest BCUT2D eigenvalue weighted by Gasteiger charge is 2.15. The second kappa shape index (κ2) is 4.91. The smallest absolute Gasteiger partial charge is 0.0373 e. The Morgan fingerprint density at radius 2 is 2.42 bits per heavy atom. The molecule has 1 aliphatic carbocycles. The summed E-state index contributed by atoms with van der Waals surface area (Å²) in [6, 6.07) is 0. The summed E-state index contributed by atoms with van der Waals surface area (Å²) in [4.78, 5) is 0. The molecule has 70 valence electrons. The second-order valence-electron chi connectivity index (χ2n) is 3.84. The van der Waals surface area contributed by atoms with Crippen LogP contribution in [0.15, 0.2) is 11.6 Å². The molecule has 0 fully saturated rings. The fraction of sp³-hybridized carbons (Fsp3) is 0.818. The van der Waals surface area contributed by atoms with Gasteiger partial charge in [0, 0.05) is 5.38 Å². The molecule has 0 aliphatic heterocycles. The Kier molecular flexibility index (Phi) is 4.14. The van der Waals surface area contributed by atoms with E-state index in [1.165, 1.54) is 25.7 Å². The first-order valence-corrected chi connectivity index (χ1v) is 5.50. The molecule has 0 bridgehead atoms. The lowest BCUT2D eigenvalue weighted by Crippen LogP contribution is -2.09. The van der Waals surface area contributed by atoms with Crippen molar-refractivity contribution in [3.8, 4) is 0 Å². The Morgan fingerprint density at radius 3 is 2.92 bits per heavy atom. The van der Waals surface area contributed by atoms with Gasteiger partial charge in [0.1, 0.15) is 0 Å². The molecule has 0 radical (unpaired) electrons. The average Bonchev–Trinajstić information content (AvgIpc) is 2.06. The number of hydrogen-bond donors (Lipinski definition) is 0. The van der Waals surface area contributed by atoms with Crippen LogP contribution < -0.4 is 0 Å². The van der Waals surface area contributed by atoms with Crippen molar-refractivity contribution in [2.75, 3.05) is 0 Å². The summed E-state index contributed by atoms with van der Waals surface area (Å²) in [5.41, 5.74) is 1.65. The SMILES string of the molecule is CCCC(C)C1=CCC(Cl)CC1. The Balaban J connectivity index is 2.41. The molecule has 0 aromatic carbocycles. The Labute approximate surface area is 81.0 Å². The van der Waals surface area contributed by atoms with E-state index >= 15 is 0 Å². The predicted octanol–water partition coefficient (Wildman–Crippen LogP) is 4.14. The Bertz CT molecular complexity index is 160. The molecule has 1 rings (SSSR count). The third-order valence-corrected chi connectivity index (χ3v) is 3.13. The Morgan fingerprint density at radius 1 is 1.67 bits per heavy atom. The van der Waals surface area contributed by atoms with Crippen molar-refractivity contribution in [3.05, 3.63) is 11.6 Å². The molecule has 0 amide bonds. The lowest BCUT2D eigenvalue weighted by Gasteiger charge is -2.21. The normalized spacial score (nSPS) is 26.6. The first-order chi connectivity index (χ1) is 5.74. The van der Waals surface area contributed by atoms with Crippen LogP contribution in [0.4, 0.5) is 0 Å². The highest BCUT2D eigenvalue weighted by Crippen LogP contribution is 2.29. The van der Waals surface area contributed by atoms with E-state index in [1.807, 2.05) is 0 Å². The van der Waals surface area contributed by atoms with Gasteiger partial charge in [0.25, 0.3) is 0 Å². The van der Waals surface area contributed by atoms with Crippen LogP contribution in [-0.4, -0.2) is 5.38 Å². The van der Waals surface area contributed by atoms with Crippen LogP contribution in [0.5, 0.6) is 0 Å². The van der Waals surface area contributed by atoms with E-state index in [0.29, 0.717) is 5.38 Å². The molecule has 2 unspecified atom stereocenters. The zero-order valence-electron chi connectivity index (χ0n) is 8.15. The minimum Gasteiger partial charge on any atom is -0.123 e. The number of allylic oxidation sites excluding steroid dienone is 2. The van der Waals surface area contributed by atoms with Crippen LogP contribution in [0.25, 0.3) is 0 Å². The first-order valence-electron chi connectivity index (χ1n) is 5.07. The van der Waals surface area contributed by atoms with Crippen molar-refractivity contribution in [1.82, 2.24) is 0 Å². The van der Waals surface area contributed by atoms with Crippen LogP contribution in [0.3, 0.4) is 0 Å². The fourth-order valence-corrected chi connectivity index (χ4v) is 2.09. The number of halogens is 1. The maximum Gasteiger partial charge on any atom is 0.0373 e. The van der Waals surface area contributed by atoms with Crippen molar-refractivity contribution in [1.29, 1.82) is 0 Å². The van der Waals surface area contributed by atoms with E-state index in [9.17, 15) is 0 Å². The van der Waals surface area contributed by atoms with Gasteiger partial charge in [0.2, 0.25) is 0 Å². The van der Waals surface area contributed by atoms with Gasteiger partial charge in [0.05, 0.1) is 0 Å². The number of rotatable bonds is 3. The third-order valence-electron chi connectivity index (χ3n) is 2.74. The molecule has 2 atom stereocenters. The van der Waals surface area contributed by atoms with Gasteiger partial charge in [-0.05, 0) is 31.6 Å². The summed E-state index contributed by atoms with van der Waals surface area (Å²) in [5.74, 6) is 0.791. The topological polar surface area (TPSA) is 0 Å². The fourth-order valence-electron chi connectivity index (χ4n) is 1.89. The van der Waals surface area contributed by atoms with Gasteiger partial charge in [-0.3, -0.25) is 0 Å². The average molecular weight is 187 g/mol. The quantitative estimate of drug-likeness (QED) is 0.459. The van der Waals surface area contributed by atoms with E-state index in [-0.39, 0.29) is 0 Å². The summed E-state index contributed by atoms with van der Waals surface area (Å²) in [5, 5.41) is 0.405. The minimum atomic E-state index is 0.405. The van der Waals surface area contributed by atoms with Crippen molar-refractivity contribution in [2.24, 2.45) is 5.92 Å². The molecule has 12 heavy (non-hydrogen) atoms. The molecule has 0 N–H and O–H groups in total. The molecule has 0 spiro atoms. The van der Waals surface area contributed by atoms with E-state index in [0.717, 1.165) is 12.3 Å². The lowest BCUT2D eigenvalue weighted by molar-refractivity contribution is 0.547. The van der Waals surface area contributed by atoms with Crippen molar-refractivity contribution < 1.29 is 0 Å². The highest BCUT2D eigenvalue weighted by atomic mass is 35.5. The molecule has 0 saturated carbocycles. The minimum absolute atomic E-state index is 0.405. The monoisotopic (exact) mass is 186 g/mol. The highest BCUT2D eigenvalue weighted by molar-refractivity contribution is 6.20. The van der Waals surface area contributed by atoms with Crippen molar-refractivity contribution >= 4 is 11.6 Å². The first kappa shape index (κ1) is 10.1. The zero-order valence-corrected chi connectivity index (χ0v) is 8.90. The Hall–Kier alpha value is 0.0300. The summed E-state index contributed by atoms with van der Waals surface area (Å²) in [6.07, 6.45) is 8.49.